The third kappa shape index (κ3) is 4.95. The summed E-state index contributed by atoms with van der Waals surface area (Å²) in [6.45, 7) is 2.76. The maximum atomic E-state index is 6.05. The first-order valence-electron chi connectivity index (χ1n) is 6.77. The van der Waals surface area contributed by atoms with Gasteiger partial charge in [-0.05, 0) is 23.4 Å². The highest BCUT2D eigenvalue weighted by Crippen LogP contribution is 2.20. The molecule has 3 rings (SSSR count). The second-order valence-corrected chi connectivity index (χ2v) is 5.46. The number of hydrogen-bond donors (Lipinski definition) is 2. The van der Waals surface area contributed by atoms with Crippen LogP contribution in [-0.4, -0.2) is 35.1 Å². The molecule has 22 heavy (non-hydrogen) atoms. The van der Waals surface area contributed by atoms with Gasteiger partial charge in [-0.2, -0.15) is 0 Å². The molecular formula is C15H23Cl3N4. The summed E-state index contributed by atoms with van der Waals surface area (Å²) in [5.41, 5.74) is 13.4. The number of fused-ring (bicyclic) bond motifs is 1. The molecule has 4 nitrogen and oxygen atoms in total. The highest BCUT2D eigenvalue weighted by Gasteiger charge is 2.22. The molecule has 2 unspecified atom stereocenters. The van der Waals surface area contributed by atoms with E-state index in [1.807, 2.05) is 12.4 Å². The van der Waals surface area contributed by atoms with Gasteiger partial charge in [0.15, 0.2) is 0 Å². The normalized spacial score (nSPS) is 21.4. The molecule has 2 aromatic rings. The van der Waals surface area contributed by atoms with Crippen molar-refractivity contribution in [3.63, 3.8) is 0 Å². The van der Waals surface area contributed by atoms with Gasteiger partial charge in [-0.1, -0.05) is 18.2 Å². The number of likely N-dealkylation sites (tertiary alicyclic amines) is 1. The standard InChI is InChI=1S/C15H20N4.3ClH/c16-13-6-14(17)10-19(9-13)8-12-3-1-2-11-7-18-5-4-15(11)12;;;/h1-5,7,13-14H,6,8-10,16-17H2;3*1H. The average molecular weight is 366 g/mol. The Morgan fingerprint density at radius 3 is 2.41 bits per heavy atom. The molecule has 0 spiro atoms. The van der Waals surface area contributed by atoms with Gasteiger partial charge < -0.3 is 11.5 Å². The highest BCUT2D eigenvalue weighted by atomic mass is 35.5. The first kappa shape index (κ1) is 21.4. The monoisotopic (exact) mass is 364 g/mol. The van der Waals surface area contributed by atoms with E-state index in [1.165, 1.54) is 16.3 Å². The van der Waals surface area contributed by atoms with Crippen LogP contribution in [0, 0.1) is 0 Å². The van der Waals surface area contributed by atoms with Gasteiger partial charge >= 0.3 is 0 Å². The Morgan fingerprint density at radius 2 is 1.73 bits per heavy atom. The van der Waals surface area contributed by atoms with Crippen LogP contribution < -0.4 is 11.5 Å². The lowest BCUT2D eigenvalue weighted by Gasteiger charge is -2.34. The zero-order valence-electron chi connectivity index (χ0n) is 12.2. The molecule has 2 heterocycles. The summed E-state index contributed by atoms with van der Waals surface area (Å²) in [4.78, 5) is 6.53. The third-order valence-electron chi connectivity index (χ3n) is 3.76. The number of nitrogens with zero attached hydrogens (tertiary/aromatic N) is 2. The van der Waals surface area contributed by atoms with Crippen molar-refractivity contribution in [2.45, 2.75) is 25.0 Å². The number of piperidine rings is 1. The smallest absolute Gasteiger partial charge is 0.0346 e. The lowest BCUT2D eigenvalue weighted by molar-refractivity contribution is 0.183. The number of halogens is 3. The van der Waals surface area contributed by atoms with Crippen molar-refractivity contribution in [3.8, 4) is 0 Å². The summed E-state index contributed by atoms with van der Waals surface area (Å²) in [7, 11) is 0. The molecule has 0 aliphatic carbocycles. The van der Waals surface area contributed by atoms with Crippen molar-refractivity contribution < 1.29 is 0 Å². The maximum absolute atomic E-state index is 6.05. The van der Waals surface area contributed by atoms with Gasteiger partial charge in [0.1, 0.15) is 0 Å². The summed E-state index contributed by atoms with van der Waals surface area (Å²) in [5.74, 6) is 0. The summed E-state index contributed by atoms with van der Waals surface area (Å²) in [6, 6.07) is 8.83. The molecule has 0 saturated carbocycles. The molecule has 0 bridgehead atoms. The van der Waals surface area contributed by atoms with Gasteiger partial charge in [-0.25, -0.2) is 0 Å². The SMILES string of the molecule is Cl.Cl.Cl.NC1CC(N)CN(Cc2cccc3cnccc23)C1. The molecule has 0 amide bonds. The molecule has 1 aliphatic heterocycles. The van der Waals surface area contributed by atoms with Crippen LogP contribution in [0.15, 0.2) is 36.7 Å². The first-order valence-corrected chi connectivity index (χ1v) is 6.77. The second-order valence-electron chi connectivity index (χ2n) is 5.46. The van der Waals surface area contributed by atoms with E-state index in [0.29, 0.717) is 0 Å². The van der Waals surface area contributed by atoms with Gasteiger partial charge in [-0.3, -0.25) is 9.88 Å². The summed E-state index contributed by atoms with van der Waals surface area (Å²) in [6.07, 6.45) is 4.68. The Balaban J connectivity index is 0.00000147. The van der Waals surface area contributed by atoms with Gasteiger partial charge in [0.25, 0.3) is 0 Å². The van der Waals surface area contributed by atoms with E-state index in [-0.39, 0.29) is 49.3 Å². The maximum Gasteiger partial charge on any atom is 0.0346 e. The van der Waals surface area contributed by atoms with E-state index in [2.05, 4.69) is 34.1 Å². The largest absolute Gasteiger partial charge is 0.326 e. The second kappa shape index (κ2) is 9.50. The lowest BCUT2D eigenvalue weighted by Crippen LogP contribution is -2.51. The van der Waals surface area contributed by atoms with E-state index in [0.717, 1.165) is 26.1 Å². The fourth-order valence-corrected chi connectivity index (χ4v) is 2.97. The van der Waals surface area contributed by atoms with E-state index in [9.17, 15) is 0 Å². The Morgan fingerprint density at radius 1 is 1.05 bits per heavy atom. The molecule has 0 radical (unpaired) electrons. The molecule has 1 aliphatic rings. The molecule has 1 aromatic carbocycles. The van der Waals surface area contributed by atoms with E-state index in [4.69, 9.17) is 11.5 Å². The lowest BCUT2D eigenvalue weighted by atomic mass is 10.0. The Bertz CT molecular complexity index is 566. The first-order chi connectivity index (χ1) is 9.22. The van der Waals surface area contributed by atoms with E-state index in [1.54, 1.807) is 0 Å². The van der Waals surface area contributed by atoms with Gasteiger partial charge in [-0.15, -0.1) is 37.2 Å². The third-order valence-corrected chi connectivity index (χ3v) is 3.76. The molecule has 1 fully saturated rings. The minimum Gasteiger partial charge on any atom is -0.326 e. The number of nitrogens with two attached hydrogens (primary N) is 2. The van der Waals surface area contributed by atoms with Crippen LogP contribution in [-0.2, 0) is 6.54 Å². The number of hydrogen-bond acceptors (Lipinski definition) is 4. The summed E-state index contributed by atoms with van der Waals surface area (Å²) in [5, 5.41) is 2.45. The number of benzene rings is 1. The fraction of sp³-hybridized carbons (Fsp3) is 0.400. The average Bonchev–Trinajstić information content (AvgIpc) is 2.38. The van der Waals surface area contributed by atoms with Crippen molar-refractivity contribution in [3.05, 3.63) is 42.2 Å². The predicted molar refractivity (Wildman–Crippen MR) is 99.3 cm³/mol. The Kier molecular flexibility index (Phi) is 9.24. The molecule has 1 aromatic heterocycles. The van der Waals surface area contributed by atoms with Crippen molar-refractivity contribution in [2.24, 2.45) is 11.5 Å². The van der Waals surface area contributed by atoms with Crippen LogP contribution >= 0.6 is 37.2 Å². The van der Waals surface area contributed by atoms with Crippen LogP contribution in [0.1, 0.15) is 12.0 Å². The predicted octanol–water partition coefficient (Wildman–Crippen LogP) is 2.36. The quantitative estimate of drug-likeness (QED) is 0.857. The van der Waals surface area contributed by atoms with Gasteiger partial charge in [0.2, 0.25) is 0 Å². The van der Waals surface area contributed by atoms with Crippen molar-refractivity contribution in [2.75, 3.05) is 13.1 Å². The topological polar surface area (TPSA) is 68.2 Å². The number of rotatable bonds is 2. The van der Waals surface area contributed by atoms with Crippen molar-refractivity contribution in [1.29, 1.82) is 0 Å². The highest BCUT2D eigenvalue weighted by molar-refractivity contribution is 5.86. The molecule has 1 saturated heterocycles. The van der Waals surface area contributed by atoms with Crippen LogP contribution in [0.2, 0.25) is 0 Å². The zero-order chi connectivity index (χ0) is 13.2. The molecule has 4 N–H and O–H groups in total. The van der Waals surface area contributed by atoms with Crippen LogP contribution in [0.25, 0.3) is 10.8 Å². The van der Waals surface area contributed by atoms with Gasteiger partial charge in [0.05, 0.1) is 0 Å². The van der Waals surface area contributed by atoms with Crippen molar-refractivity contribution >= 4 is 48.0 Å². The zero-order valence-corrected chi connectivity index (χ0v) is 14.7. The fourth-order valence-electron chi connectivity index (χ4n) is 2.97. The summed E-state index contributed by atoms with van der Waals surface area (Å²) >= 11 is 0. The van der Waals surface area contributed by atoms with Crippen molar-refractivity contribution in [1.82, 2.24) is 9.88 Å². The minimum atomic E-state index is 0. The summed E-state index contributed by atoms with van der Waals surface area (Å²) < 4.78 is 0. The van der Waals surface area contributed by atoms with Crippen LogP contribution in [0.5, 0.6) is 0 Å². The van der Waals surface area contributed by atoms with E-state index < -0.39 is 0 Å². The molecule has 7 heteroatoms. The number of aromatic nitrogens is 1. The minimum absolute atomic E-state index is 0. The van der Waals surface area contributed by atoms with Crippen LogP contribution in [0.3, 0.4) is 0 Å². The molecule has 124 valence electrons. The Labute approximate surface area is 149 Å². The van der Waals surface area contributed by atoms with E-state index >= 15 is 0 Å². The van der Waals surface area contributed by atoms with Crippen LogP contribution in [0.4, 0.5) is 0 Å². The van der Waals surface area contributed by atoms with Gasteiger partial charge in [0, 0.05) is 49.5 Å². The number of pyridine rings is 1. The molecule has 2 atom stereocenters. The molecular weight excluding hydrogens is 343 g/mol. The Hall–Kier alpha value is -0.620.